The summed E-state index contributed by atoms with van der Waals surface area (Å²) < 4.78 is 5.33. The first-order valence-electron chi connectivity index (χ1n) is 11.2. The summed E-state index contributed by atoms with van der Waals surface area (Å²) in [7, 11) is 0. The molecule has 0 bridgehead atoms. The van der Waals surface area contributed by atoms with Crippen molar-refractivity contribution in [3.8, 4) is 0 Å². The number of rotatable bonds is 8. The van der Waals surface area contributed by atoms with E-state index in [9.17, 15) is 4.79 Å². The van der Waals surface area contributed by atoms with Crippen molar-refractivity contribution in [3.05, 3.63) is 70.5 Å². The summed E-state index contributed by atoms with van der Waals surface area (Å²) in [4.78, 5) is 20.4. The molecule has 7 heteroatoms. The number of nitrogens with one attached hydrogen (secondary N) is 1. The van der Waals surface area contributed by atoms with Crippen LogP contribution in [0.25, 0.3) is 0 Å². The highest BCUT2D eigenvalue weighted by molar-refractivity contribution is 7.98. The van der Waals surface area contributed by atoms with Crippen LogP contribution in [0.3, 0.4) is 0 Å². The second-order valence-corrected chi connectivity index (χ2v) is 9.94. The molecule has 0 spiro atoms. The number of amides is 1. The molecule has 1 aromatic carbocycles. The Labute approximate surface area is 198 Å². The highest BCUT2D eigenvalue weighted by atomic mass is 32.2. The second-order valence-electron chi connectivity index (χ2n) is 7.93. The Kier molecular flexibility index (Phi) is 7.73. The predicted molar refractivity (Wildman–Crippen MR) is 134 cm³/mol. The van der Waals surface area contributed by atoms with E-state index in [1.165, 1.54) is 27.2 Å². The Morgan fingerprint density at radius 2 is 1.91 bits per heavy atom. The number of aryl methyl sites for hydroxylation is 1. The second kappa shape index (κ2) is 10.7. The number of furan rings is 1. The number of anilines is 1. The van der Waals surface area contributed by atoms with E-state index in [4.69, 9.17) is 4.42 Å². The van der Waals surface area contributed by atoms with Crippen LogP contribution in [-0.4, -0.2) is 54.7 Å². The summed E-state index contributed by atoms with van der Waals surface area (Å²) in [5, 5.41) is 4.06. The maximum atomic E-state index is 12.8. The van der Waals surface area contributed by atoms with Gasteiger partial charge in [0.05, 0.1) is 12.3 Å². The van der Waals surface area contributed by atoms with Crippen molar-refractivity contribution < 1.29 is 9.21 Å². The number of piperazine rings is 1. The van der Waals surface area contributed by atoms with Crippen LogP contribution in [0.1, 0.15) is 46.4 Å². The first kappa shape index (κ1) is 23.1. The highest BCUT2D eigenvalue weighted by Crippen LogP contribution is 2.40. The molecule has 32 heavy (non-hydrogen) atoms. The number of nitrogens with zero attached hydrogens (tertiary/aromatic N) is 2. The molecule has 1 saturated heterocycles. The molecule has 1 unspecified atom stereocenters. The number of hydrogen-bond acceptors (Lipinski definition) is 6. The summed E-state index contributed by atoms with van der Waals surface area (Å²) in [5.41, 5.74) is 2.44. The lowest BCUT2D eigenvalue weighted by Crippen LogP contribution is -2.47. The van der Waals surface area contributed by atoms with Gasteiger partial charge in [-0.25, -0.2) is 0 Å². The molecule has 0 radical (unpaired) electrons. The van der Waals surface area contributed by atoms with E-state index in [1.807, 2.05) is 0 Å². The summed E-state index contributed by atoms with van der Waals surface area (Å²) in [6, 6.07) is 14.7. The Balaban J connectivity index is 1.71. The molecule has 170 valence electrons. The normalized spacial score (nSPS) is 16.2. The summed E-state index contributed by atoms with van der Waals surface area (Å²) in [5.74, 6) is 0.132. The van der Waals surface area contributed by atoms with Gasteiger partial charge in [0.2, 0.25) is 0 Å². The van der Waals surface area contributed by atoms with Gasteiger partial charge in [0, 0.05) is 41.5 Å². The van der Waals surface area contributed by atoms with Crippen LogP contribution in [0.15, 0.2) is 58.0 Å². The lowest BCUT2D eigenvalue weighted by Gasteiger charge is -2.39. The third kappa shape index (κ3) is 5.12. The largest absolute Gasteiger partial charge is 0.459 e. The molecule has 0 saturated carbocycles. The number of hydrogen-bond donors (Lipinski definition) is 1. The van der Waals surface area contributed by atoms with E-state index in [1.54, 1.807) is 35.2 Å². The Morgan fingerprint density at radius 3 is 2.50 bits per heavy atom. The summed E-state index contributed by atoms with van der Waals surface area (Å²) in [6.45, 7) is 9.61. The Hall–Kier alpha value is -2.06. The molecule has 3 heterocycles. The van der Waals surface area contributed by atoms with Gasteiger partial charge in [-0.3, -0.25) is 9.69 Å². The van der Waals surface area contributed by atoms with Gasteiger partial charge in [-0.2, -0.15) is 0 Å². The zero-order valence-electron chi connectivity index (χ0n) is 19.0. The van der Waals surface area contributed by atoms with Crippen LogP contribution < -0.4 is 5.32 Å². The van der Waals surface area contributed by atoms with Crippen LogP contribution in [0.4, 0.5) is 5.00 Å². The maximum Gasteiger partial charge on any atom is 0.291 e. The van der Waals surface area contributed by atoms with Crippen molar-refractivity contribution in [2.24, 2.45) is 0 Å². The van der Waals surface area contributed by atoms with Crippen LogP contribution in [0.2, 0.25) is 0 Å². The Morgan fingerprint density at radius 1 is 1.16 bits per heavy atom. The van der Waals surface area contributed by atoms with Crippen molar-refractivity contribution >= 4 is 34.0 Å². The quantitative estimate of drug-likeness (QED) is 0.435. The van der Waals surface area contributed by atoms with Gasteiger partial charge in [0.15, 0.2) is 5.76 Å². The molecule has 1 atom stereocenters. The standard InChI is InChI=1S/C25H31N3O2S2/c1-4-19-17-21(25(32-19)26-24(29)22-7-6-16-30-22)23(18-8-10-20(31-3)11-9-18)28-14-12-27(5-2)13-15-28/h6-11,16-17,23H,4-5,12-15H2,1-3H3,(H,26,29). The maximum absolute atomic E-state index is 12.8. The fourth-order valence-electron chi connectivity index (χ4n) is 4.22. The van der Waals surface area contributed by atoms with Crippen LogP contribution in [0.5, 0.6) is 0 Å². The van der Waals surface area contributed by atoms with Crippen LogP contribution in [0, 0.1) is 0 Å². The van der Waals surface area contributed by atoms with Gasteiger partial charge >= 0.3 is 0 Å². The minimum absolute atomic E-state index is 0.105. The van der Waals surface area contributed by atoms with Gasteiger partial charge in [0.1, 0.15) is 5.00 Å². The summed E-state index contributed by atoms with van der Waals surface area (Å²) in [6.07, 6.45) is 4.58. The molecule has 5 nitrogen and oxygen atoms in total. The zero-order valence-corrected chi connectivity index (χ0v) is 20.6. The molecule has 1 amide bonds. The van der Waals surface area contributed by atoms with E-state index >= 15 is 0 Å². The number of likely N-dealkylation sites (N-methyl/N-ethyl adjacent to an activating group) is 1. The lowest BCUT2D eigenvalue weighted by molar-refractivity contribution is 0.0995. The average Bonchev–Trinajstić information content (AvgIpc) is 3.51. The third-order valence-electron chi connectivity index (χ3n) is 6.08. The van der Waals surface area contributed by atoms with Crippen molar-refractivity contribution in [3.63, 3.8) is 0 Å². The van der Waals surface area contributed by atoms with Crippen molar-refractivity contribution in [2.45, 2.75) is 31.2 Å². The first-order chi connectivity index (χ1) is 15.6. The minimum Gasteiger partial charge on any atom is -0.459 e. The smallest absolute Gasteiger partial charge is 0.291 e. The van der Waals surface area contributed by atoms with Crippen LogP contribution >= 0.6 is 23.1 Å². The highest BCUT2D eigenvalue weighted by Gasteiger charge is 2.30. The fourth-order valence-corrected chi connectivity index (χ4v) is 5.65. The van der Waals surface area contributed by atoms with Gasteiger partial charge in [-0.05, 0) is 55.1 Å². The number of carbonyl (C=O) groups excluding carboxylic acids is 1. The third-order valence-corrected chi connectivity index (χ3v) is 8.03. The van der Waals surface area contributed by atoms with Crippen molar-refractivity contribution in [2.75, 3.05) is 44.3 Å². The predicted octanol–water partition coefficient (Wildman–Crippen LogP) is 5.60. The molecule has 1 N–H and O–H groups in total. The van der Waals surface area contributed by atoms with Gasteiger partial charge in [-0.1, -0.05) is 26.0 Å². The Bertz CT molecular complexity index is 1010. The number of thioether (sulfide) groups is 1. The molecular weight excluding hydrogens is 438 g/mol. The fraction of sp³-hybridized carbons (Fsp3) is 0.400. The number of benzene rings is 1. The molecule has 2 aromatic heterocycles. The molecule has 1 aliphatic heterocycles. The van der Waals surface area contributed by atoms with E-state index in [0.717, 1.165) is 44.1 Å². The molecule has 3 aromatic rings. The molecule has 4 rings (SSSR count). The van der Waals surface area contributed by atoms with E-state index in [-0.39, 0.29) is 11.9 Å². The van der Waals surface area contributed by atoms with Crippen molar-refractivity contribution in [1.82, 2.24) is 9.80 Å². The number of thiophene rings is 1. The molecule has 1 aliphatic rings. The lowest BCUT2D eigenvalue weighted by atomic mass is 9.97. The zero-order chi connectivity index (χ0) is 22.5. The average molecular weight is 470 g/mol. The monoisotopic (exact) mass is 469 g/mol. The molecule has 1 fully saturated rings. The van der Waals surface area contributed by atoms with E-state index in [2.05, 4.69) is 65.6 Å². The topological polar surface area (TPSA) is 48.7 Å². The SMILES string of the molecule is CCc1cc(C(c2ccc(SC)cc2)N2CCN(CC)CC2)c(NC(=O)c2ccco2)s1. The van der Waals surface area contributed by atoms with E-state index < -0.39 is 0 Å². The van der Waals surface area contributed by atoms with Gasteiger partial charge in [0.25, 0.3) is 5.91 Å². The minimum atomic E-state index is -0.201. The molecule has 0 aliphatic carbocycles. The first-order valence-corrected chi connectivity index (χ1v) is 13.2. The van der Waals surface area contributed by atoms with Crippen LogP contribution in [-0.2, 0) is 6.42 Å². The summed E-state index contributed by atoms with van der Waals surface area (Å²) >= 11 is 3.43. The van der Waals surface area contributed by atoms with Gasteiger partial charge < -0.3 is 14.6 Å². The molecular formula is C25H31N3O2S2. The van der Waals surface area contributed by atoms with E-state index in [0.29, 0.717) is 5.76 Å². The number of carbonyl (C=O) groups is 1. The van der Waals surface area contributed by atoms with Crippen molar-refractivity contribution in [1.29, 1.82) is 0 Å². The van der Waals surface area contributed by atoms with Gasteiger partial charge in [-0.15, -0.1) is 23.1 Å².